The lowest BCUT2D eigenvalue weighted by Gasteiger charge is -2.12. The van der Waals surface area contributed by atoms with Crippen molar-refractivity contribution in [1.29, 1.82) is 0 Å². The molecule has 0 radical (unpaired) electrons. The summed E-state index contributed by atoms with van der Waals surface area (Å²) in [5, 5.41) is 2.49. The Balaban J connectivity index is 1.45. The first-order valence-electron chi connectivity index (χ1n) is 10.8. The molecule has 8 heteroatoms. The Bertz CT molecular complexity index is 1120. The zero-order valence-corrected chi connectivity index (χ0v) is 19.9. The largest absolute Gasteiger partial charge is 0.493 e. The summed E-state index contributed by atoms with van der Waals surface area (Å²) < 4.78 is 11.4. The first-order valence-corrected chi connectivity index (χ1v) is 11.2. The van der Waals surface area contributed by atoms with Crippen LogP contribution in [0.3, 0.4) is 0 Å². The zero-order valence-electron chi connectivity index (χ0n) is 19.0. The lowest BCUT2D eigenvalue weighted by atomic mass is 10.2. The first-order chi connectivity index (χ1) is 16.4. The summed E-state index contributed by atoms with van der Waals surface area (Å²) in [6, 6.07) is 23.3. The number of benzene rings is 3. The SMILES string of the molecule is CC(C)COc1cccc(C(=O)NC(=S)NNC(=O)c2ccc(OCc3ccccc3)cc2)c1. The van der Waals surface area contributed by atoms with E-state index in [-0.39, 0.29) is 5.11 Å². The Labute approximate surface area is 204 Å². The molecule has 7 nitrogen and oxygen atoms in total. The number of carbonyl (C=O) groups is 2. The van der Waals surface area contributed by atoms with Crippen LogP contribution in [0, 0.1) is 5.92 Å². The fourth-order valence-electron chi connectivity index (χ4n) is 2.83. The summed E-state index contributed by atoms with van der Waals surface area (Å²) in [4.78, 5) is 24.8. The Kier molecular flexibility index (Phi) is 8.99. The van der Waals surface area contributed by atoms with Crippen LogP contribution in [0.4, 0.5) is 0 Å². The fourth-order valence-corrected chi connectivity index (χ4v) is 2.97. The second kappa shape index (κ2) is 12.4. The summed E-state index contributed by atoms with van der Waals surface area (Å²) in [6.45, 7) is 5.08. The van der Waals surface area contributed by atoms with Gasteiger partial charge in [0.25, 0.3) is 11.8 Å². The highest BCUT2D eigenvalue weighted by molar-refractivity contribution is 7.80. The average molecular weight is 478 g/mol. The van der Waals surface area contributed by atoms with E-state index in [1.807, 2.05) is 44.2 Å². The van der Waals surface area contributed by atoms with Crippen molar-refractivity contribution >= 4 is 29.1 Å². The maximum atomic E-state index is 12.4. The summed E-state index contributed by atoms with van der Waals surface area (Å²) in [5.41, 5.74) is 6.85. The lowest BCUT2D eigenvalue weighted by molar-refractivity contribution is 0.0934. The molecule has 0 unspecified atom stereocenters. The molecule has 0 aliphatic carbocycles. The van der Waals surface area contributed by atoms with Gasteiger partial charge in [-0.3, -0.25) is 25.8 Å². The van der Waals surface area contributed by atoms with E-state index in [2.05, 4.69) is 16.2 Å². The first kappa shape index (κ1) is 24.7. The molecule has 0 aliphatic rings. The molecule has 176 valence electrons. The Morgan fingerprint density at radius 2 is 1.53 bits per heavy atom. The van der Waals surface area contributed by atoms with Crippen molar-refractivity contribution in [1.82, 2.24) is 16.2 Å². The summed E-state index contributed by atoms with van der Waals surface area (Å²) in [7, 11) is 0. The minimum absolute atomic E-state index is 0.0327. The molecule has 0 fully saturated rings. The standard InChI is InChI=1S/C26H27N3O4S/c1-18(2)16-32-23-10-6-9-21(15-23)24(30)27-26(34)29-28-25(31)20-11-13-22(14-12-20)33-17-19-7-4-3-5-8-19/h3-15,18H,16-17H2,1-2H3,(H,28,31)(H2,27,29,30,34). The number of nitrogens with one attached hydrogen (secondary N) is 3. The number of hydrogen-bond acceptors (Lipinski definition) is 5. The molecule has 0 spiro atoms. The van der Waals surface area contributed by atoms with Gasteiger partial charge in [-0.1, -0.05) is 50.2 Å². The van der Waals surface area contributed by atoms with Crippen LogP contribution in [0.25, 0.3) is 0 Å². The third-order valence-corrected chi connectivity index (χ3v) is 4.77. The van der Waals surface area contributed by atoms with E-state index in [4.69, 9.17) is 21.7 Å². The van der Waals surface area contributed by atoms with Crippen molar-refractivity contribution < 1.29 is 19.1 Å². The van der Waals surface area contributed by atoms with E-state index >= 15 is 0 Å². The third-order valence-electron chi connectivity index (χ3n) is 4.56. The van der Waals surface area contributed by atoms with Gasteiger partial charge in [0.1, 0.15) is 18.1 Å². The molecule has 0 bridgehead atoms. The van der Waals surface area contributed by atoms with Gasteiger partial charge < -0.3 is 9.47 Å². The highest BCUT2D eigenvalue weighted by Crippen LogP contribution is 2.15. The van der Waals surface area contributed by atoms with Crippen molar-refractivity contribution in [3.8, 4) is 11.5 Å². The molecular weight excluding hydrogens is 450 g/mol. The quantitative estimate of drug-likeness (QED) is 0.332. The number of hydrazine groups is 1. The van der Waals surface area contributed by atoms with Gasteiger partial charge in [0, 0.05) is 11.1 Å². The molecule has 0 aliphatic heterocycles. The number of thiocarbonyl (C=S) groups is 1. The molecule has 3 N–H and O–H groups in total. The van der Waals surface area contributed by atoms with E-state index in [9.17, 15) is 9.59 Å². The van der Waals surface area contributed by atoms with Gasteiger partial charge >= 0.3 is 0 Å². The van der Waals surface area contributed by atoms with Gasteiger partial charge in [-0.25, -0.2) is 0 Å². The minimum Gasteiger partial charge on any atom is -0.493 e. The Morgan fingerprint density at radius 1 is 0.794 bits per heavy atom. The van der Waals surface area contributed by atoms with E-state index < -0.39 is 11.8 Å². The molecule has 34 heavy (non-hydrogen) atoms. The van der Waals surface area contributed by atoms with Gasteiger partial charge in [-0.2, -0.15) is 0 Å². The molecule has 3 aromatic carbocycles. The predicted molar refractivity (Wildman–Crippen MR) is 135 cm³/mol. The lowest BCUT2D eigenvalue weighted by Crippen LogP contribution is -2.48. The topological polar surface area (TPSA) is 88.7 Å². The Morgan fingerprint density at radius 3 is 2.24 bits per heavy atom. The van der Waals surface area contributed by atoms with Crippen LogP contribution in [0.1, 0.15) is 40.1 Å². The van der Waals surface area contributed by atoms with Crippen LogP contribution >= 0.6 is 12.2 Å². The average Bonchev–Trinajstić information content (AvgIpc) is 2.86. The van der Waals surface area contributed by atoms with Gasteiger partial charge in [-0.15, -0.1) is 0 Å². The van der Waals surface area contributed by atoms with Crippen molar-refractivity contribution in [2.45, 2.75) is 20.5 Å². The number of rotatable bonds is 8. The second-order valence-electron chi connectivity index (χ2n) is 7.89. The second-order valence-corrected chi connectivity index (χ2v) is 8.30. The molecule has 0 aromatic heterocycles. The third kappa shape index (κ3) is 7.90. The van der Waals surface area contributed by atoms with E-state index in [0.717, 1.165) is 5.56 Å². The maximum absolute atomic E-state index is 12.4. The summed E-state index contributed by atoms with van der Waals surface area (Å²) in [5.74, 6) is 0.799. The highest BCUT2D eigenvalue weighted by atomic mass is 32.1. The molecule has 2 amide bonds. The Hall–Kier alpha value is -3.91. The monoisotopic (exact) mass is 477 g/mol. The zero-order chi connectivity index (χ0) is 24.3. The van der Waals surface area contributed by atoms with Gasteiger partial charge in [0.05, 0.1) is 6.61 Å². The molecule has 0 heterocycles. The van der Waals surface area contributed by atoms with E-state index in [1.54, 1.807) is 48.5 Å². The minimum atomic E-state index is -0.415. The number of amides is 2. The predicted octanol–water partition coefficient (Wildman–Crippen LogP) is 4.25. The smallest absolute Gasteiger partial charge is 0.269 e. The van der Waals surface area contributed by atoms with Crippen LogP contribution in [-0.2, 0) is 6.61 Å². The molecule has 0 atom stereocenters. The van der Waals surface area contributed by atoms with Crippen LogP contribution in [0.2, 0.25) is 0 Å². The van der Waals surface area contributed by atoms with Gasteiger partial charge in [0.2, 0.25) is 0 Å². The van der Waals surface area contributed by atoms with E-state index in [1.165, 1.54) is 0 Å². The highest BCUT2D eigenvalue weighted by Gasteiger charge is 2.11. The van der Waals surface area contributed by atoms with Crippen LogP contribution in [-0.4, -0.2) is 23.5 Å². The summed E-state index contributed by atoms with van der Waals surface area (Å²) >= 11 is 5.11. The van der Waals surface area contributed by atoms with Gasteiger partial charge in [0.15, 0.2) is 5.11 Å². The molecule has 3 rings (SSSR count). The number of carbonyl (C=O) groups excluding carboxylic acids is 2. The van der Waals surface area contributed by atoms with Crippen LogP contribution in [0.15, 0.2) is 78.9 Å². The number of ether oxygens (including phenoxy) is 2. The maximum Gasteiger partial charge on any atom is 0.269 e. The van der Waals surface area contributed by atoms with Crippen molar-refractivity contribution in [3.05, 3.63) is 95.6 Å². The molecule has 3 aromatic rings. The molecule has 0 saturated heterocycles. The molecule has 0 saturated carbocycles. The van der Waals surface area contributed by atoms with Crippen molar-refractivity contribution in [2.75, 3.05) is 6.61 Å². The van der Waals surface area contributed by atoms with Gasteiger partial charge in [-0.05, 0) is 66.2 Å². The van der Waals surface area contributed by atoms with E-state index in [0.29, 0.717) is 41.8 Å². The summed E-state index contributed by atoms with van der Waals surface area (Å²) in [6.07, 6.45) is 0. The van der Waals surface area contributed by atoms with Crippen LogP contribution < -0.4 is 25.6 Å². The van der Waals surface area contributed by atoms with Crippen molar-refractivity contribution in [2.24, 2.45) is 5.92 Å². The molecular formula is C26H27N3O4S. The van der Waals surface area contributed by atoms with Crippen molar-refractivity contribution in [3.63, 3.8) is 0 Å². The number of hydrogen-bond donors (Lipinski definition) is 3. The fraction of sp³-hybridized carbons (Fsp3) is 0.192. The normalized spacial score (nSPS) is 10.3. The van der Waals surface area contributed by atoms with Crippen LogP contribution in [0.5, 0.6) is 11.5 Å².